The Morgan fingerprint density at radius 3 is 2.23 bits per heavy atom. The number of benzene rings is 1. The Hall–Kier alpha value is -1.88. The molecule has 5 nitrogen and oxygen atoms in total. The summed E-state index contributed by atoms with van der Waals surface area (Å²) >= 11 is 0. The summed E-state index contributed by atoms with van der Waals surface area (Å²) in [5, 5.41) is 2.82. The highest BCUT2D eigenvalue weighted by Crippen LogP contribution is 2.11. The zero-order chi connectivity index (χ0) is 16.5. The van der Waals surface area contributed by atoms with Crippen LogP contribution in [0.1, 0.15) is 38.1 Å². The molecule has 1 amide bonds. The molecule has 0 aliphatic heterocycles. The van der Waals surface area contributed by atoms with Crippen LogP contribution in [0.4, 0.5) is 5.69 Å². The first-order valence-electron chi connectivity index (χ1n) is 7.75. The lowest BCUT2D eigenvalue weighted by molar-refractivity contribution is -0.117. The van der Waals surface area contributed by atoms with Gasteiger partial charge in [-0.3, -0.25) is 9.69 Å². The van der Waals surface area contributed by atoms with E-state index >= 15 is 0 Å². The average molecular weight is 306 g/mol. The number of nitrogens with zero attached hydrogens (tertiary/aromatic N) is 1. The van der Waals surface area contributed by atoms with E-state index in [1.807, 2.05) is 32.6 Å². The quantitative estimate of drug-likeness (QED) is 0.750. The number of hydrogen-bond acceptors (Lipinski definition) is 4. The van der Waals surface area contributed by atoms with Crippen molar-refractivity contribution in [3.8, 4) is 0 Å². The normalized spacial score (nSPS) is 10.8. The Kier molecular flexibility index (Phi) is 7.60. The van der Waals surface area contributed by atoms with Gasteiger partial charge in [-0.15, -0.1) is 0 Å². The smallest absolute Gasteiger partial charge is 0.338 e. The van der Waals surface area contributed by atoms with Gasteiger partial charge in [0.25, 0.3) is 0 Å². The molecule has 0 saturated heterocycles. The Morgan fingerprint density at radius 2 is 1.73 bits per heavy atom. The summed E-state index contributed by atoms with van der Waals surface area (Å²) in [6.07, 6.45) is 0. The molecular formula is C17H26N2O3. The minimum atomic E-state index is -0.338. The second kappa shape index (κ2) is 9.20. The van der Waals surface area contributed by atoms with E-state index in [-0.39, 0.29) is 11.9 Å². The zero-order valence-corrected chi connectivity index (χ0v) is 13.9. The van der Waals surface area contributed by atoms with Gasteiger partial charge in [-0.25, -0.2) is 4.79 Å². The summed E-state index contributed by atoms with van der Waals surface area (Å²) in [6, 6.07) is 6.75. The SMILES string of the molecule is CCN(CC)CC(=O)Nc1ccc(C(=O)OCC(C)C)cc1. The van der Waals surface area contributed by atoms with E-state index < -0.39 is 0 Å². The Bertz CT molecular complexity index is 479. The van der Waals surface area contributed by atoms with Crippen LogP contribution in [-0.4, -0.2) is 43.0 Å². The van der Waals surface area contributed by atoms with Gasteiger partial charge in [0.2, 0.25) is 5.91 Å². The molecular weight excluding hydrogens is 280 g/mol. The second-order valence-electron chi connectivity index (χ2n) is 5.58. The molecule has 0 spiro atoms. The summed E-state index contributed by atoms with van der Waals surface area (Å²) in [5.41, 5.74) is 1.17. The number of amides is 1. The number of esters is 1. The first kappa shape index (κ1) is 18.2. The Morgan fingerprint density at radius 1 is 1.14 bits per heavy atom. The lowest BCUT2D eigenvalue weighted by Gasteiger charge is -2.17. The molecule has 1 aromatic carbocycles. The summed E-state index contributed by atoms with van der Waals surface area (Å²) in [5.74, 6) is -0.0869. The van der Waals surface area contributed by atoms with Gasteiger partial charge >= 0.3 is 5.97 Å². The standard InChI is InChI=1S/C17H26N2O3/c1-5-19(6-2)11-16(20)18-15-9-7-14(8-10-15)17(21)22-12-13(3)4/h7-10,13H,5-6,11-12H2,1-4H3,(H,18,20). The lowest BCUT2D eigenvalue weighted by Crippen LogP contribution is -2.32. The van der Waals surface area contributed by atoms with E-state index in [0.29, 0.717) is 30.3 Å². The highest BCUT2D eigenvalue weighted by molar-refractivity contribution is 5.94. The van der Waals surface area contributed by atoms with E-state index in [2.05, 4.69) is 5.32 Å². The van der Waals surface area contributed by atoms with Gasteiger partial charge < -0.3 is 10.1 Å². The van der Waals surface area contributed by atoms with Gasteiger partial charge in [-0.05, 0) is 43.3 Å². The Labute approximate surface area is 132 Å². The van der Waals surface area contributed by atoms with E-state index in [0.717, 1.165) is 13.1 Å². The molecule has 1 N–H and O–H groups in total. The number of rotatable bonds is 8. The van der Waals surface area contributed by atoms with Crippen molar-refractivity contribution in [1.29, 1.82) is 0 Å². The maximum atomic E-state index is 11.9. The number of carbonyl (C=O) groups is 2. The molecule has 22 heavy (non-hydrogen) atoms. The third-order valence-electron chi connectivity index (χ3n) is 3.21. The average Bonchev–Trinajstić information content (AvgIpc) is 2.50. The molecule has 0 atom stereocenters. The number of hydrogen-bond donors (Lipinski definition) is 1. The van der Waals surface area contributed by atoms with Crippen molar-refractivity contribution in [2.75, 3.05) is 31.6 Å². The number of carbonyl (C=O) groups excluding carboxylic acids is 2. The van der Waals surface area contributed by atoms with E-state index in [1.54, 1.807) is 24.3 Å². The fourth-order valence-corrected chi connectivity index (χ4v) is 1.87. The topological polar surface area (TPSA) is 58.6 Å². The molecule has 1 rings (SSSR count). The van der Waals surface area contributed by atoms with Gasteiger partial charge in [0.05, 0.1) is 18.7 Å². The molecule has 0 heterocycles. The van der Waals surface area contributed by atoms with Crippen LogP contribution in [0.3, 0.4) is 0 Å². The first-order valence-corrected chi connectivity index (χ1v) is 7.75. The van der Waals surface area contributed by atoms with Crippen molar-refractivity contribution in [1.82, 2.24) is 4.90 Å². The number of anilines is 1. The molecule has 0 aromatic heterocycles. The van der Waals surface area contributed by atoms with Gasteiger partial charge in [0, 0.05) is 5.69 Å². The van der Waals surface area contributed by atoms with Crippen molar-refractivity contribution in [2.45, 2.75) is 27.7 Å². The minimum Gasteiger partial charge on any atom is -0.462 e. The maximum Gasteiger partial charge on any atom is 0.338 e. The largest absolute Gasteiger partial charge is 0.462 e. The van der Waals surface area contributed by atoms with Crippen LogP contribution >= 0.6 is 0 Å². The molecule has 5 heteroatoms. The summed E-state index contributed by atoms with van der Waals surface area (Å²) < 4.78 is 5.16. The summed E-state index contributed by atoms with van der Waals surface area (Å²) in [4.78, 5) is 25.7. The van der Waals surface area contributed by atoms with Crippen LogP contribution in [0.15, 0.2) is 24.3 Å². The van der Waals surface area contributed by atoms with Crippen LogP contribution in [0.5, 0.6) is 0 Å². The molecule has 0 fully saturated rings. The predicted molar refractivity (Wildman–Crippen MR) is 88.0 cm³/mol. The minimum absolute atomic E-state index is 0.0566. The van der Waals surface area contributed by atoms with Gasteiger partial charge in [0.1, 0.15) is 0 Å². The fourth-order valence-electron chi connectivity index (χ4n) is 1.87. The fraction of sp³-hybridized carbons (Fsp3) is 0.529. The van der Waals surface area contributed by atoms with Crippen molar-refractivity contribution in [3.63, 3.8) is 0 Å². The second-order valence-corrected chi connectivity index (χ2v) is 5.58. The summed E-state index contributed by atoms with van der Waals surface area (Å²) in [6.45, 7) is 10.5. The van der Waals surface area contributed by atoms with E-state index in [1.165, 1.54) is 0 Å². The monoisotopic (exact) mass is 306 g/mol. The third-order valence-corrected chi connectivity index (χ3v) is 3.21. The van der Waals surface area contributed by atoms with Gasteiger partial charge in [-0.1, -0.05) is 27.7 Å². The molecule has 0 unspecified atom stereocenters. The lowest BCUT2D eigenvalue weighted by atomic mass is 10.2. The van der Waals surface area contributed by atoms with Crippen molar-refractivity contribution in [3.05, 3.63) is 29.8 Å². The van der Waals surface area contributed by atoms with Crippen molar-refractivity contribution in [2.24, 2.45) is 5.92 Å². The van der Waals surface area contributed by atoms with Gasteiger partial charge in [0.15, 0.2) is 0 Å². The zero-order valence-electron chi connectivity index (χ0n) is 13.9. The molecule has 0 bridgehead atoms. The van der Waals surface area contributed by atoms with Crippen LogP contribution in [0.2, 0.25) is 0 Å². The molecule has 1 aromatic rings. The molecule has 0 radical (unpaired) electrons. The maximum absolute atomic E-state index is 11.9. The number of likely N-dealkylation sites (N-methyl/N-ethyl adjacent to an activating group) is 1. The van der Waals surface area contributed by atoms with E-state index in [4.69, 9.17) is 4.74 Å². The van der Waals surface area contributed by atoms with E-state index in [9.17, 15) is 9.59 Å². The first-order chi connectivity index (χ1) is 10.5. The summed E-state index contributed by atoms with van der Waals surface area (Å²) in [7, 11) is 0. The van der Waals surface area contributed by atoms with Crippen LogP contribution < -0.4 is 5.32 Å². The molecule has 122 valence electrons. The van der Waals surface area contributed by atoms with Crippen LogP contribution in [0.25, 0.3) is 0 Å². The number of nitrogens with one attached hydrogen (secondary N) is 1. The van der Waals surface area contributed by atoms with Gasteiger partial charge in [-0.2, -0.15) is 0 Å². The highest BCUT2D eigenvalue weighted by atomic mass is 16.5. The molecule has 0 saturated carbocycles. The molecule has 0 aliphatic rings. The van der Waals surface area contributed by atoms with Crippen molar-refractivity contribution >= 4 is 17.6 Å². The van der Waals surface area contributed by atoms with Crippen LogP contribution in [0, 0.1) is 5.92 Å². The van der Waals surface area contributed by atoms with Crippen LogP contribution in [-0.2, 0) is 9.53 Å². The van der Waals surface area contributed by atoms with Crippen molar-refractivity contribution < 1.29 is 14.3 Å². The molecule has 0 aliphatic carbocycles. The number of ether oxygens (including phenoxy) is 1. The highest BCUT2D eigenvalue weighted by Gasteiger charge is 2.10. The Balaban J connectivity index is 2.54. The predicted octanol–water partition coefficient (Wildman–Crippen LogP) is 2.78. The third kappa shape index (κ3) is 6.26.